The van der Waals surface area contributed by atoms with Gasteiger partial charge in [0, 0.05) is 43.4 Å². The molecule has 3 rings (SSSR count). The molecule has 1 aromatic rings. The molecule has 2 saturated heterocycles. The Kier molecular flexibility index (Phi) is 3.54. The third kappa shape index (κ3) is 2.46. The molecule has 1 unspecified atom stereocenters. The van der Waals surface area contributed by atoms with Gasteiger partial charge in [-0.1, -0.05) is 0 Å². The van der Waals surface area contributed by atoms with E-state index >= 15 is 0 Å². The Morgan fingerprint density at radius 2 is 2.30 bits per heavy atom. The number of amides is 1. The maximum Gasteiger partial charge on any atom is 0.223 e. The Morgan fingerprint density at radius 3 is 3.00 bits per heavy atom. The van der Waals surface area contributed by atoms with Crippen LogP contribution in [0.4, 0.5) is 0 Å². The topological polar surface area (TPSA) is 47.4 Å². The van der Waals surface area contributed by atoms with E-state index < -0.39 is 0 Å². The number of aromatic nitrogens is 2. The summed E-state index contributed by atoms with van der Waals surface area (Å²) in [5, 5.41) is 0. The van der Waals surface area contributed by atoms with Gasteiger partial charge in [0.05, 0.1) is 13.2 Å². The minimum absolute atomic E-state index is 0.198. The van der Waals surface area contributed by atoms with Crippen molar-refractivity contribution in [1.82, 2.24) is 14.5 Å². The normalized spacial score (nSPS) is 26.9. The van der Waals surface area contributed by atoms with E-state index in [9.17, 15) is 4.79 Å². The zero-order valence-corrected chi connectivity index (χ0v) is 12.3. The molecule has 20 heavy (non-hydrogen) atoms. The molecule has 0 saturated carbocycles. The van der Waals surface area contributed by atoms with Crippen molar-refractivity contribution >= 4 is 5.91 Å². The number of carbonyl (C=O) groups is 1. The van der Waals surface area contributed by atoms with Gasteiger partial charge in [-0.15, -0.1) is 0 Å². The predicted octanol–water partition coefficient (Wildman–Crippen LogP) is 1.99. The van der Waals surface area contributed by atoms with E-state index in [1.165, 1.54) is 0 Å². The van der Waals surface area contributed by atoms with E-state index in [0.717, 1.165) is 38.4 Å². The minimum atomic E-state index is 0.198. The molecule has 110 valence electrons. The fourth-order valence-electron chi connectivity index (χ4n) is 3.33. The van der Waals surface area contributed by atoms with Gasteiger partial charge in [0.2, 0.25) is 5.91 Å². The molecule has 2 aliphatic heterocycles. The number of ether oxygens (including phenoxy) is 1. The summed E-state index contributed by atoms with van der Waals surface area (Å²) in [6.07, 6.45) is 6.50. The Hall–Kier alpha value is -1.36. The molecule has 1 spiro atoms. The third-order valence-electron chi connectivity index (χ3n) is 4.57. The van der Waals surface area contributed by atoms with Crippen LogP contribution in [-0.4, -0.2) is 40.1 Å². The summed E-state index contributed by atoms with van der Waals surface area (Å²) >= 11 is 0. The number of likely N-dealkylation sites (tertiary alicyclic amines) is 1. The van der Waals surface area contributed by atoms with Gasteiger partial charge in [0.15, 0.2) is 0 Å². The highest BCUT2D eigenvalue weighted by Gasteiger charge is 2.41. The largest absolute Gasteiger partial charge is 0.381 e. The number of piperidine rings is 1. The molecule has 0 radical (unpaired) electrons. The van der Waals surface area contributed by atoms with Gasteiger partial charge in [-0.3, -0.25) is 4.79 Å². The highest BCUT2D eigenvalue weighted by Crippen LogP contribution is 2.38. The summed E-state index contributed by atoms with van der Waals surface area (Å²) in [5.41, 5.74) is 0.198. The smallest absolute Gasteiger partial charge is 0.223 e. The van der Waals surface area contributed by atoms with Crippen molar-refractivity contribution in [2.24, 2.45) is 5.41 Å². The molecular formula is C15H23N3O2. The number of hydrogen-bond donors (Lipinski definition) is 0. The Balaban J connectivity index is 1.75. The van der Waals surface area contributed by atoms with Crippen molar-refractivity contribution in [2.45, 2.75) is 45.7 Å². The lowest BCUT2D eigenvalue weighted by atomic mass is 9.79. The lowest BCUT2D eigenvalue weighted by Crippen LogP contribution is -2.46. The van der Waals surface area contributed by atoms with Gasteiger partial charge < -0.3 is 14.2 Å². The van der Waals surface area contributed by atoms with Crippen LogP contribution >= 0.6 is 0 Å². The second-order valence-corrected chi connectivity index (χ2v) is 6.40. The lowest BCUT2D eigenvalue weighted by Gasteiger charge is -2.39. The number of imidazole rings is 1. The van der Waals surface area contributed by atoms with E-state index in [-0.39, 0.29) is 11.3 Å². The average Bonchev–Trinajstić information content (AvgIpc) is 3.04. The van der Waals surface area contributed by atoms with Crippen molar-refractivity contribution in [1.29, 1.82) is 0 Å². The van der Waals surface area contributed by atoms with E-state index in [2.05, 4.69) is 23.4 Å². The van der Waals surface area contributed by atoms with Crippen molar-refractivity contribution in [2.75, 3.05) is 19.8 Å². The SMILES string of the molecule is CC(C)n1ccnc1CN1CC2(CCOC2)CCC1=O. The van der Waals surface area contributed by atoms with Gasteiger partial charge in [0.1, 0.15) is 5.82 Å². The van der Waals surface area contributed by atoms with Crippen LogP contribution in [0.3, 0.4) is 0 Å². The molecule has 3 heterocycles. The third-order valence-corrected chi connectivity index (χ3v) is 4.57. The van der Waals surface area contributed by atoms with Crippen LogP contribution in [0.25, 0.3) is 0 Å². The van der Waals surface area contributed by atoms with Gasteiger partial charge in [-0.25, -0.2) is 4.98 Å². The first-order valence-electron chi connectivity index (χ1n) is 7.47. The fraction of sp³-hybridized carbons (Fsp3) is 0.733. The Labute approximate surface area is 119 Å². The quantitative estimate of drug-likeness (QED) is 0.849. The van der Waals surface area contributed by atoms with Gasteiger partial charge in [0.25, 0.3) is 0 Å². The molecule has 5 heteroatoms. The van der Waals surface area contributed by atoms with Crippen molar-refractivity contribution in [3.8, 4) is 0 Å². The fourth-order valence-corrected chi connectivity index (χ4v) is 3.33. The first-order chi connectivity index (χ1) is 9.60. The van der Waals surface area contributed by atoms with Crippen molar-refractivity contribution in [3.63, 3.8) is 0 Å². The van der Waals surface area contributed by atoms with Crippen LogP contribution in [0.1, 0.15) is 45.0 Å². The van der Waals surface area contributed by atoms with Crippen LogP contribution in [0.2, 0.25) is 0 Å². The maximum absolute atomic E-state index is 12.2. The molecule has 0 bridgehead atoms. The van der Waals surface area contributed by atoms with Gasteiger partial charge in [-0.05, 0) is 26.7 Å². The summed E-state index contributed by atoms with van der Waals surface area (Å²) in [4.78, 5) is 18.6. The average molecular weight is 277 g/mol. The van der Waals surface area contributed by atoms with E-state index in [4.69, 9.17) is 4.74 Å². The van der Waals surface area contributed by atoms with Crippen LogP contribution < -0.4 is 0 Å². The molecule has 0 aromatic carbocycles. The molecule has 2 fully saturated rings. The molecule has 1 amide bonds. The van der Waals surface area contributed by atoms with Crippen LogP contribution in [0.5, 0.6) is 0 Å². The molecule has 0 aliphatic carbocycles. The monoisotopic (exact) mass is 277 g/mol. The highest BCUT2D eigenvalue weighted by molar-refractivity contribution is 5.77. The molecule has 2 aliphatic rings. The van der Waals surface area contributed by atoms with Crippen LogP contribution in [0.15, 0.2) is 12.4 Å². The molecular weight excluding hydrogens is 254 g/mol. The number of rotatable bonds is 3. The van der Waals surface area contributed by atoms with E-state index in [0.29, 0.717) is 19.0 Å². The van der Waals surface area contributed by atoms with Gasteiger partial charge >= 0.3 is 0 Å². The van der Waals surface area contributed by atoms with Crippen molar-refractivity contribution < 1.29 is 9.53 Å². The maximum atomic E-state index is 12.2. The molecule has 1 atom stereocenters. The zero-order valence-electron chi connectivity index (χ0n) is 12.3. The summed E-state index contributed by atoms with van der Waals surface area (Å²) in [6, 6.07) is 0.371. The number of hydrogen-bond acceptors (Lipinski definition) is 3. The predicted molar refractivity (Wildman–Crippen MR) is 75.1 cm³/mol. The summed E-state index contributed by atoms with van der Waals surface area (Å²) in [5.74, 6) is 1.23. The number of nitrogens with zero attached hydrogens (tertiary/aromatic N) is 3. The summed E-state index contributed by atoms with van der Waals surface area (Å²) in [7, 11) is 0. The highest BCUT2D eigenvalue weighted by atomic mass is 16.5. The van der Waals surface area contributed by atoms with Crippen molar-refractivity contribution in [3.05, 3.63) is 18.2 Å². The molecule has 0 N–H and O–H groups in total. The second-order valence-electron chi connectivity index (χ2n) is 6.40. The Bertz CT molecular complexity index is 489. The van der Waals surface area contributed by atoms with E-state index in [1.807, 2.05) is 17.3 Å². The van der Waals surface area contributed by atoms with Crippen LogP contribution in [0, 0.1) is 5.41 Å². The summed E-state index contributed by atoms with van der Waals surface area (Å²) < 4.78 is 7.70. The van der Waals surface area contributed by atoms with Gasteiger partial charge in [-0.2, -0.15) is 0 Å². The molecule has 1 aromatic heterocycles. The minimum Gasteiger partial charge on any atom is -0.381 e. The second kappa shape index (κ2) is 5.20. The standard InChI is InChI=1S/C15H23N3O2/c1-12(2)18-7-6-16-13(18)9-17-10-15(4-3-14(17)19)5-8-20-11-15/h6-7,12H,3-5,8-11H2,1-2H3. The summed E-state index contributed by atoms with van der Waals surface area (Å²) in [6.45, 7) is 7.34. The van der Waals surface area contributed by atoms with E-state index in [1.54, 1.807) is 0 Å². The zero-order chi connectivity index (χ0) is 14.2. The first kappa shape index (κ1) is 13.6. The Morgan fingerprint density at radius 1 is 1.45 bits per heavy atom. The van der Waals surface area contributed by atoms with Crippen LogP contribution in [-0.2, 0) is 16.1 Å². The lowest BCUT2D eigenvalue weighted by molar-refractivity contribution is -0.138. The number of carbonyl (C=O) groups excluding carboxylic acids is 1. The first-order valence-corrected chi connectivity index (χ1v) is 7.47. The molecule has 5 nitrogen and oxygen atoms in total.